The molecule has 3 N–H and O–H groups in total. The van der Waals surface area contributed by atoms with Crippen molar-refractivity contribution in [3.8, 4) is 0 Å². The molecule has 0 aliphatic carbocycles. The number of carbonyl (C=O) groups is 4. The number of aliphatic hydroxyl groups is 1. The van der Waals surface area contributed by atoms with E-state index in [1.807, 2.05) is 0 Å². The fourth-order valence-electron chi connectivity index (χ4n) is 10.9. The first-order valence-corrected chi connectivity index (χ1v) is 40.5. The SMILES string of the molecule is CCCCCCCCCCCCCCCCCCCCCC(=O)O[C@H](COC(=O)CCCCCCCCCCCCCC(C)C)COP(=O)(O)OC[C@@H](O)COP(=O)(O)OC[C@@H](COC(=O)CCCCCCCCCC)OC(=O)CCCCCCCCCC(C)C. The van der Waals surface area contributed by atoms with Gasteiger partial charge in [0.05, 0.1) is 26.4 Å². The Morgan fingerprint density at radius 3 is 0.747 bits per heavy atom. The average molecular weight is 1340 g/mol. The van der Waals surface area contributed by atoms with Crippen LogP contribution in [-0.2, 0) is 65.4 Å². The highest BCUT2D eigenvalue weighted by atomic mass is 31.2. The molecule has 0 aliphatic rings. The molecule has 5 atom stereocenters. The van der Waals surface area contributed by atoms with Crippen LogP contribution in [0.3, 0.4) is 0 Å². The Kier molecular flexibility index (Phi) is 62.7. The largest absolute Gasteiger partial charge is 0.472 e. The topological polar surface area (TPSA) is 237 Å². The molecule has 17 nitrogen and oxygen atoms in total. The lowest BCUT2D eigenvalue weighted by molar-refractivity contribution is -0.161. The number of aliphatic hydroxyl groups excluding tert-OH is 1. The Bertz CT molecular complexity index is 1770. The number of carbonyl (C=O) groups excluding carboxylic acids is 4. The van der Waals surface area contributed by atoms with E-state index in [4.69, 9.17) is 37.0 Å². The predicted molar refractivity (Wildman–Crippen MR) is 368 cm³/mol. The Balaban J connectivity index is 5.19. The second-order valence-electron chi connectivity index (χ2n) is 26.9. The van der Waals surface area contributed by atoms with Crippen molar-refractivity contribution < 1.29 is 80.2 Å². The van der Waals surface area contributed by atoms with E-state index in [1.54, 1.807) is 0 Å². The number of unbranched alkanes of at least 4 members (excludes halogenated alkanes) is 41. The molecule has 0 saturated carbocycles. The molecule has 0 amide bonds. The van der Waals surface area contributed by atoms with Gasteiger partial charge in [-0.2, -0.15) is 0 Å². The molecule has 0 heterocycles. The van der Waals surface area contributed by atoms with E-state index in [-0.39, 0.29) is 25.7 Å². The fourth-order valence-corrected chi connectivity index (χ4v) is 12.5. The maximum Gasteiger partial charge on any atom is 0.472 e. The molecule has 0 fully saturated rings. The van der Waals surface area contributed by atoms with E-state index >= 15 is 0 Å². The average Bonchev–Trinajstić information content (AvgIpc) is 3.12. The molecule has 540 valence electrons. The molecule has 0 aliphatic heterocycles. The summed E-state index contributed by atoms with van der Waals surface area (Å²) in [5.41, 5.74) is 0. The normalized spacial score (nSPS) is 14.1. The van der Waals surface area contributed by atoms with Gasteiger partial charge in [0, 0.05) is 25.7 Å². The van der Waals surface area contributed by atoms with Crippen molar-refractivity contribution in [2.75, 3.05) is 39.6 Å². The van der Waals surface area contributed by atoms with E-state index in [9.17, 15) is 43.2 Å². The van der Waals surface area contributed by atoms with Gasteiger partial charge in [0.25, 0.3) is 0 Å². The lowest BCUT2D eigenvalue weighted by atomic mass is 10.0. The first kappa shape index (κ1) is 89.1. The van der Waals surface area contributed by atoms with E-state index in [1.165, 1.54) is 180 Å². The molecule has 2 unspecified atom stereocenters. The summed E-state index contributed by atoms with van der Waals surface area (Å²) in [6, 6.07) is 0. The van der Waals surface area contributed by atoms with Gasteiger partial charge in [-0.3, -0.25) is 37.3 Å². The van der Waals surface area contributed by atoms with Gasteiger partial charge in [0.15, 0.2) is 12.2 Å². The fraction of sp³-hybridized carbons (Fsp3) is 0.944. The number of ether oxygens (including phenoxy) is 4. The maximum absolute atomic E-state index is 13.0. The smallest absolute Gasteiger partial charge is 0.462 e. The molecule has 19 heteroatoms. The van der Waals surface area contributed by atoms with Crippen molar-refractivity contribution in [2.45, 2.75) is 387 Å². The Hall–Kier alpha value is -1.94. The number of esters is 4. The summed E-state index contributed by atoms with van der Waals surface area (Å²) in [5, 5.41) is 10.6. The van der Waals surface area contributed by atoms with E-state index in [2.05, 4.69) is 41.5 Å². The van der Waals surface area contributed by atoms with Crippen LogP contribution >= 0.6 is 15.6 Å². The molecule has 0 saturated heterocycles. The van der Waals surface area contributed by atoms with Gasteiger partial charge < -0.3 is 33.8 Å². The van der Waals surface area contributed by atoms with Crippen LogP contribution < -0.4 is 0 Å². The molecule has 0 aromatic rings. The minimum atomic E-state index is -4.95. The number of hydrogen-bond acceptors (Lipinski definition) is 15. The van der Waals surface area contributed by atoms with Crippen molar-refractivity contribution >= 4 is 39.5 Å². The first-order valence-electron chi connectivity index (χ1n) is 37.5. The van der Waals surface area contributed by atoms with Crippen LogP contribution in [0.2, 0.25) is 0 Å². The summed E-state index contributed by atoms with van der Waals surface area (Å²) in [5.74, 6) is -0.659. The summed E-state index contributed by atoms with van der Waals surface area (Å²) in [4.78, 5) is 72.5. The van der Waals surface area contributed by atoms with Crippen LogP contribution in [0.4, 0.5) is 0 Å². The zero-order valence-corrected chi connectivity index (χ0v) is 60.9. The molecule has 0 radical (unpaired) electrons. The van der Waals surface area contributed by atoms with Gasteiger partial charge in [-0.05, 0) is 37.5 Å². The standard InChI is InChI=1S/C72H140O17P2/c1-7-9-11-13-15-17-18-19-20-21-22-23-24-25-28-32-38-44-50-56-71(76)88-67(61-83-70(75)55-49-43-37-31-29-26-27-30-34-40-46-52-64(3)4)62-86-90(78,79)84-58-66(73)59-85-91(80,81)87-63-68(60-82-69(74)54-48-42-36-16-14-12-10-8-2)89-72(77)57-51-45-39-33-35-41-47-53-65(5)6/h64-68,73H,7-63H2,1-6H3,(H,78,79)(H,80,81)/t66-,67-,68-/m1/s1. The number of phosphoric acid groups is 2. The highest BCUT2D eigenvalue weighted by molar-refractivity contribution is 7.47. The van der Waals surface area contributed by atoms with Crippen molar-refractivity contribution in [3.05, 3.63) is 0 Å². The first-order chi connectivity index (χ1) is 43.9. The lowest BCUT2D eigenvalue weighted by Gasteiger charge is -2.21. The van der Waals surface area contributed by atoms with Gasteiger partial charge in [-0.1, -0.05) is 318 Å². The molecule has 0 aromatic heterocycles. The van der Waals surface area contributed by atoms with Crippen LogP contribution in [0.1, 0.15) is 369 Å². The molecule has 0 rings (SSSR count). The predicted octanol–water partition coefficient (Wildman–Crippen LogP) is 20.8. The molecular formula is C72H140O17P2. The summed E-state index contributed by atoms with van der Waals surface area (Å²) >= 11 is 0. The van der Waals surface area contributed by atoms with Crippen molar-refractivity contribution in [3.63, 3.8) is 0 Å². The minimum Gasteiger partial charge on any atom is -0.462 e. The third-order valence-corrected chi connectivity index (χ3v) is 18.6. The number of phosphoric ester groups is 2. The van der Waals surface area contributed by atoms with Crippen molar-refractivity contribution in [1.29, 1.82) is 0 Å². The summed E-state index contributed by atoms with van der Waals surface area (Å²) in [7, 11) is -9.90. The van der Waals surface area contributed by atoms with Crippen molar-refractivity contribution in [1.82, 2.24) is 0 Å². The molecule has 0 bridgehead atoms. The zero-order chi connectivity index (χ0) is 67.2. The minimum absolute atomic E-state index is 0.103. The van der Waals surface area contributed by atoms with Crippen LogP contribution in [0.5, 0.6) is 0 Å². The maximum atomic E-state index is 13.0. The van der Waals surface area contributed by atoms with E-state index < -0.39 is 97.5 Å². The van der Waals surface area contributed by atoms with Gasteiger partial charge in [0.1, 0.15) is 19.3 Å². The summed E-state index contributed by atoms with van der Waals surface area (Å²) in [6.07, 6.45) is 50.2. The highest BCUT2D eigenvalue weighted by Crippen LogP contribution is 2.45. The number of hydrogen-bond donors (Lipinski definition) is 3. The van der Waals surface area contributed by atoms with Gasteiger partial charge in [0.2, 0.25) is 0 Å². The third-order valence-electron chi connectivity index (χ3n) is 16.7. The number of rotatable bonds is 71. The second-order valence-corrected chi connectivity index (χ2v) is 29.8. The zero-order valence-electron chi connectivity index (χ0n) is 59.1. The van der Waals surface area contributed by atoms with Gasteiger partial charge in [-0.25, -0.2) is 9.13 Å². The molecule has 91 heavy (non-hydrogen) atoms. The molecular weight excluding hydrogens is 1200 g/mol. The highest BCUT2D eigenvalue weighted by Gasteiger charge is 2.30. The summed E-state index contributed by atoms with van der Waals surface area (Å²) in [6.45, 7) is 9.48. The molecule has 0 spiro atoms. The van der Waals surface area contributed by atoms with E-state index in [0.29, 0.717) is 31.6 Å². The van der Waals surface area contributed by atoms with Crippen LogP contribution in [-0.4, -0.2) is 96.7 Å². The van der Waals surface area contributed by atoms with E-state index in [0.717, 1.165) is 102 Å². The monoisotopic (exact) mass is 1340 g/mol. The molecule has 0 aromatic carbocycles. The lowest BCUT2D eigenvalue weighted by Crippen LogP contribution is -2.30. The summed E-state index contributed by atoms with van der Waals surface area (Å²) < 4.78 is 68.3. The van der Waals surface area contributed by atoms with Crippen LogP contribution in [0.25, 0.3) is 0 Å². The van der Waals surface area contributed by atoms with Crippen LogP contribution in [0, 0.1) is 11.8 Å². The quantitative estimate of drug-likeness (QED) is 0.0222. The van der Waals surface area contributed by atoms with Crippen molar-refractivity contribution in [2.24, 2.45) is 11.8 Å². The second kappa shape index (κ2) is 64.1. The van der Waals surface area contributed by atoms with Gasteiger partial charge >= 0.3 is 39.5 Å². The van der Waals surface area contributed by atoms with Gasteiger partial charge in [-0.15, -0.1) is 0 Å². The third kappa shape index (κ3) is 66.5. The van der Waals surface area contributed by atoms with Crippen LogP contribution in [0.15, 0.2) is 0 Å². The Morgan fingerprint density at radius 1 is 0.297 bits per heavy atom. The Labute approximate surface area is 556 Å². The Morgan fingerprint density at radius 2 is 0.505 bits per heavy atom.